The second-order valence-corrected chi connectivity index (χ2v) is 3.54. The van der Waals surface area contributed by atoms with Crippen LogP contribution < -0.4 is 0 Å². The van der Waals surface area contributed by atoms with Gasteiger partial charge < -0.3 is 0 Å². The molecule has 1 aromatic rings. The molecule has 70 valence electrons. The Labute approximate surface area is 79.1 Å². The van der Waals surface area contributed by atoms with Crippen LogP contribution in [-0.4, -0.2) is 0 Å². The third kappa shape index (κ3) is 2.69. The van der Waals surface area contributed by atoms with E-state index in [9.17, 15) is 4.39 Å². The summed E-state index contributed by atoms with van der Waals surface area (Å²) in [6, 6.07) is 7.79. The molecule has 0 aliphatic carbocycles. The van der Waals surface area contributed by atoms with E-state index in [1.54, 1.807) is 6.08 Å². The van der Waals surface area contributed by atoms with Crippen LogP contribution in [0.5, 0.6) is 0 Å². The molecule has 1 rings (SSSR count). The Morgan fingerprint density at radius 3 is 2.46 bits per heavy atom. The first-order valence-corrected chi connectivity index (χ1v) is 4.54. The number of aryl methyl sites for hydroxylation is 1. The molecule has 0 fully saturated rings. The maximum Gasteiger partial charge on any atom is 0.103 e. The zero-order valence-corrected chi connectivity index (χ0v) is 8.34. The third-order valence-electron chi connectivity index (χ3n) is 2.03. The van der Waals surface area contributed by atoms with Crippen LogP contribution >= 0.6 is 0 Å². The predicted molar refractivity (Wildman–Crippen MR) is 55.1 cm³/mol. The number of benzene rings is 1. The first kappa shape index (κ1) is 9.97. The van der Waals surface area contributed by atoms with Gasteiger partial charge in [-0.2, -0.15) is 0 Å². The van der Waals surface area contributed by atoms with E-state index in [2.05, 4.69) is 0 Å². The lowest BCUT2D eigenvalue weighted by Gasteiger charge is -2.03. The van der Waals surface area contributed by atoms with E-state index in [4.69, 9.17) is 0 Å². The first-order valence-electron chi connectivity index (χ1n) is 4.54. The summed E-state index contributed by atoms with van der Waals surface area (Å²) >= 11 is 0. The summed E-state index contributed by atoms with van der Waals surface area (Å²) < 4.78 is 13.3. The Kier molecular flexibility index (Phi) is 3.24. The van der Waals surface area contributed by atoms with Gasteiger partial charge >= 0.3 is 0 Å². The quantitative estimate of drug-likeness (QED) is 0.643. The molecular formula is C12H15F. The van der Waals surface area contributed by atoms with E-state index in [0.29, 0.717) is 0 Å². The van der Waals surface area contributed by atoms with Crippen LogP contribution in [0.25, 0.3) is 6.08 Å². The van der Waals surface area contributed by atoms with Crippen LogP contribution in [0.1, 0.15) is 25.0 Å². The second-order valence-electron chi connectivity index (χ2n) is 3.54. The third-order valence-corrected chi connectivity index (χ3v) is 2.03. The summed E-state index contributed by atoms with van der Waals surface area (Å²) in [7, 11) is 0. The number of hydrogen-bond acceptors (Lipinski definition) is 0. The van der Waals surface area contributed by atoms with E-state index in [0.717, 1.165) is 11.1 Å². The molecule has 1 aromatic carbocycles. The summed E-state index contributed by atoms with van der Waals surface area (Å²) in [6.45, 7) is 5.69. The minimum Gasteiger partial charge on any atom is -0.212 e. The molecule has 0 nitrogen and oxygen atoms in total. The summed E-state index contributed by atoms with van der Waals surface area (Å²) in [5, 5.41) is 0. The molecule has 0 saturated carbocycles. The van der Waals surface area contributed by atoms with Crippen LogP contribution in [0, 0.1) is 12.8 Å². The van der Waals surface area contributed by atoms with E-state index >= 15 is 0 Å². The Hall–Kier alpha value is -1.11. The molecule has 0 unspecified atom stereocenters. The van der Waals surface area contributed by atoms with Gasteiger partial charge in [-0.05, 0) is 24.1 Å². The maximum absolute atomic E-state index is 13.3. The highest BCUT2D eigenvalue weighted by molar-refractivity contribution is 5.55. The molecule has 0 bridgehead atoms. The summed E-state index contributed by atoms with van der Waals surface area (Å²) in [5.41, 5.74) is 2.08. The van der Waals surface area contributed by atoms with E-state index in [1.165, 1.54) is 0 Å². The van der Waals surface area contributed by atoms with Gasteiger partial charge in [0.1, 0.15) is 5.83 Å². The van der Waals surface area contributed by atoms with Crippen LogP contribution in [0.3, 0.4) is 0 Å². The summed E-state index contributed by atoms with van der Waals surface area (Å²) in [4.78, 5) is 0. The zero-order chi connectivity index (χ0) is 9.84. The van der Waals surface area contributed by atoms with Gasteiger partial charge in [0.2, 0.25) is 0 Å². The minimum atomic E-state index is -0.0608. The van der Waals surface area contributed by atoms with Gasteiger partial charge in [0, 0.05) is 5.92 Å². The second kappa shape index (κ2) is 4.22. The Balaban J connectivity index is 2.97. The molecule has 13 heavy (non-hydrogen) atoms. The molecule has 0 atom stereocenters. The van der Waals surface area contributed by atoms with Crippen molar-refractivity contribution >= 4 is 6.08 Å². The monoisotopic (exact) mass is 178 g/mol. The lowest BCUT2D eigenvalue weighted by molar-refractivity contribution is 0.527. The van der Waals surface area contributed by atoms with Crippen molar-refractivity contribution in [3.05, 3.63) is 41.2 Å². The average molecular weight is 178 g/mol. The van der Waals surface area contributed by atoms with Gasteiger partial charge in [0.05, 0.1) is 0 Å². The van der Waals surface area contributed by atoms with Gasteiger partial charge in [-0.3, -0.25) is 0 Å². The molecular weight excluding hydrogens is 163 g/mol. The largest absolute Gasteiger partial charge is 0.212 e. The number of allylic oxidation sites excluding steroid dienone is 1. The lowest BCUT2D eigenvalue weighted by Crippen LogP contribution is -1.88. The summed E-state index contributed by atoms with van der Waals surface area (Å²) in [6.07, 6.45) is 1.61. The Morgan fingerprint density at radius 2 is 1.92 bits per heavy atom. The predicted octanol–water partition coefficient (Wildman–Crippen LogP) is 3.96. The molecule has 0 amide bonds. The van der Waals surface area contributed by atoms with Gasteiger partial charge in [-0.1, -0.05) is 38.1 Å². The molecule has 0 aromatic heterocycles. The SMILES string of the molecule is Cc1ccccc1/C=C(\F)C(C)C. The van der Waals surface area contributed by atoms with Crippen molar-refractivity contribution in [2.75, 3.05) is 0 Å². The molecule has 0 heterocycles. The standard InChI is InChI=1S/C12H15F/c1-9(2)12(13)8-11-7-5-4-6-10(11)3/h4-9H,1-3H3/b12-8-. The molecule has 0 spiro atoms. The van der Waals surface area contributed by atoms with Gasteiger partial charge in [0.25, 0.3) is 0 Å². The molecule has 0 aliphatic heterocycles. The van der Waals surface area contributed by atoms with Crippen LogP contribution in [0.15, 0.2) is 30.1 Å². The highest BCUT2D eigenvalue weighted by atomic mass is 19.1. The topological polar surface area (TPSA) is 0 Å². The highest BCUT2D eigenvalue weighted by Gasteiger charge is 2.01. The normalized spacial score (nSPS) is 12.2. The van der Waals surface area contributed by atoms with Crippen LogP contribution in [-0.2, 0) is 0 Å². The van der Waals surface area contributed by atoms with Crippen LogP contribution in [0.2, 0.25) is 0 Å². The fraction of sp³-hybridized carbons (Fsp3) is 0.333. The fourth-order valence-electron chi connectivity index (χ4n) is 1.06. The maximum atomic E-state index is 13.3. The van der Waals surface area contributed by atoms with Gasteiger partial charge in [-0.25, -0.2) is 4.39 Å². The summed E-state index contributed by atoms with van der Waals surface area (Å²) in [5.74, 6) is -0.0890. The van der Waals surface area contributed by atoms with E-state index in [1.807, 2.05) is 45.0 Å². The molecule has 0 radical (unpaired) electrons. The average Bonchev–Trinajstić information content (AvgIpc) is 2.08. The molecule has 0 aliphatic rings. The van der Waals surface area contributed by atoms with Crippen molar-refractivity contribution in [1.29, 1.82) is 0 Å². The minimum absolute atomic E-state index is 0.0281. The lowest BCUT2D eigenvalue weighted by atomic mass is 10.1. The fourth-order valence-corrected chi connectivity index (χ4v) is 1.06. The van der Waals surface area contributed by atoms with E-state index in [-0.39, 0.29) is 11.7 Å². The first-order chi connectivity index (χ1) is 6.11. The van der Waals surface area contributed by atoms with Crippen molar-refractivity contribution in [2.24, 2.45) is 5.92 Å². The highest BCUT2D eigenvalue weighted by Crippen LogP contribution is 2.17. The van der Waals surface area contributed by atoms with Crippen molar-refractivity contribution in [2.45, 2.75) is 20.8 Å². The molecule has 1 heteroatoms. The van der Waals surface area contributed by atoms with Crippen molar-refractivity contribution in [1.82, 2.24) is 0 Å². The Bertz CT molecular complexity index is 311. The number of hydrogen-bond donors (Lipinski definition) is 0. The van der Waals surface area contributed by atoms with Crippen molar-refractivity contribution < 1.29 is 4.39 Å². The smallest absolute Gasteiger partial charge is 0.103 e. The van der Waals surface area contributed by atoms with Crippen molar-refractivity contribution in [3.8, 4) is 0 Å². The number of rotatable bonds is 2. The van der Waals surface area contributed by atoms with Crippen molar-refractivity contribution in [3.63, 3.8) is 0 Å². The van der Waals surface area contributed by atoms with Gasteiger partial charge in [0.15, 0.2) is 0 Å². The number of halogens is 1. The molecule has 0 N–H and O–H groups in total. The molecule has 0 saturated heterocycles. The van der Waals surface area contributed by atoms with E-state index < -0.39 is 0 Å². The van der Waals surface area contributed by atoms with Gasteiger partial charge in [-0.15, -0.1) is 0 Å². The van der Waals surface area contributed by atoms with Crippen LogP contribution in [0.4, 0.5) is 4.39 Å². The zero-order valence-electron chi connectivity index (χ0n) is 8.34. The Morgan fingerprint density at radius 1 is 1.31 bits per heavy atom.